The Bertz CT molecular complexity index is 541. The van der Waals surface area contributed by atoms with E-state index in [0.29, 0.717) is 6.61 Å². The molecule has 0 radical (unpaired) electrons. The van der Waals surface area contributed by atoms with E-state index in [0.717, 1.165) is 30.9 Å². The molecule has 1 aromatic carbocycles. The Labute approximate surface area is 124 Å². The van der Waals surface area contributed by atoms with Gasteiger partial charge >= 0.3 is 0 Å². The Morgan fingerprint density at radius 1 is 1.33 bits per heavy atom. The van der Waals surface area contributed by atoms with E-state index in [4.69, 9.17) is 4.74 Å². The van der Waals surface area contributed by atoms with E-state index in [2.05, 4.69) is 15.4 Å². The van der Waals surface area contributed by atoms with Crippen LogP contribution in [0.4, 0.5) is 4.39 Å². The molecule has 114 valence electrons. The predicted octanol–water partition coefficient (Wildman–Crippen LogP) is 1.52. The fourth-order valence-electron chi connectivity index (χ4n) is 2.22. The highest BCUT2D eigenvalue weighted by Crippen LogP contribution is 2.19. The van der Waals surface area contributed by atoms with Crippen molar-refractivity contribution in [1.82, 2.24) is 20.1 Å². The molecule has 6 heteroatoms. The normalized spacial score (nSPS) is 12.5. The Hall–Kier alpha value is -1.79. The Morgan fingerprint density at radius 3 is 2.71 bits per heavy atom. The topological polar surface area (TPSA) is 52.0 Å². The van der Waals surface area contributed by atoms with Crippen LogP contribution >= 0.6 is 0 Å². The van der Waals surface area contributed by atoms with Crippen LogP contribution in [-0.4, -0.2) is 41.6 Å². The number of methoxy groups -OCH3 is 1. The number of halogens is 1. The summed E-state index contributed by atoms with van der Waals surface area (Å²) in [5, 5.41) is 7.45. The van der Waals surface area contributed by atoms with Gasteiger partial charge in [0.15, 0.2) is 0 Å². The van der Waals surface area contributed by atoms with Crippen LogP contribution in [0.25, 0.3) is 0 Å². The fourth-order valence-corrected chi connectivity index (χ4v) is 2.22. The molecule has 0 saturated heterocycles. The molecule has 2 rings (SSSR count). The molecule has 0 spiro atoms. The summed E-state index contributed by atoms with van der Waals surface area (Å²) in [4.78, 5) is 4.27. The van der Waals surface area contributed by atoms with Gasteiger partial charge in [-0.25, -0.2) is 9.37 Å². The minimum absolute atomic E-state index is 0.213. The Morgan fingerprint density at radius 2 is 2.10 bits per heavy atom. The monoisotopic (exact) mass is 292 g/mol. The van der Waals surface area contributed by atoms with Crippen molar-refractivity contribution < 1.29 is 9.13 Å². The average molecular weight is 292 g/mol. The summed E-state index contributed by atoms with van der Waals surface area (Å²) in [6.07, 6.45) is 2.30. The highest BCUT2D eigenvalue weighted by molar-refractivity contribution is 5.22. The highest BCUT2D eigenvalue weighted by Gasteiger charge is 2.15. The van der Waals surface area contributed by atoms with E-state index in [1.54, 1.807) is 18.1 Å². The molecule has 21 heavy (non-hydrogen) atoms. The van der Waals surface area contributed by atoms with Crippen molar-refractivity contribution in [2.45, 2.75) is 12.3 Å². The molecule has 0 saturated carbocycles. The maximum absolute atomic E-state index is 13.1. The number of rotatable bonds is 8. The third kappa shape index (κ3) is 4.61. The van der Waals surface area contributed by atoms with Gasteiger partial charge in [-0.15, -0.1) is 0 Å². The SMILES string of the molecule is COCCNCC(Cc1ncnn1C)c1ccc(F)cc1. The first-order valence-corrected chi connectivity index (χ1v) is 6.98. The largest absolute Gasteiger partial charge is 0.383 e. The number of benzene rings is 1. The van der Waals surface area contributed by atoms with Crippen molar-refractivity contribution in [2.24, 2.45) is 7.05 Å². The van der Waals surface area contributed by atoms with Crippen molar-refractivity contribution in [2.75, 3.05) is 26.8 Å². The maximum Gasteiger partial charge on any atom is 0.138 e. The standard InChI is InChI=1S/C15H21FN4O/c1-20-15(18-11-19-20)9-13(10-17-7-8-21-2)12-3-5-14(16)6-4-12/h3-6,11,13,17H,7-10H2,1-2H3. The van der Waals surface area contributed by atoms with E-state index < -0.39 is 0 Å². The number of aromatic nitrogens is 3. The minimum atomic E-state index is -0.219. The van der Waals surface area contributed by atoms with Gasteiger partial charge in [-0.05, 0) is 17.7 Å². The van der Waals surface area contributed by atoms with Crippen LogP contribution in [0.2, 0.25) is 0 Å². The predicted molar refractivity (Wildman–Crippen MR) is 78.6 cm³/mol. The van der Waals surface area contributed by atoms with E-state index in [-0.39, 0.29) is 11.7 Å². The van der Waals surface area contributed by atoms with Crippen LogP contribution in [0.3, 0.4) is 0 Å². The molecule has 0 amide bonds. The number of hydrogen-bond donors (Lipinski definition) is 1. The minimum Gasteiger partial charge on any atom is -0.383 e. The first-order valence-electron chi connectivity index (χ1n) is 6.98. The summed E-state index contributed by atoms with van der Waals surface area (Å²) in [6, 6.07) is 6.64. The molecule has 1 aromatic heterocycles. The van der Waals surface area contributed by atoms with E-state index in [1.807, 2.05) is 19.2 Å². The second kappa shape index (κ2) is 7.85. The second-order valence-corrected chi connectivity index (χ2v) is 4.95. The number of hydrogen-bond acceptors (Lipinski definition) is 4. The van der Waals surface area contributed by atoms with Gasteiger partial charge in [0, 0.05) is 39.6 Å². The van der Waals surface area contributed by atoms with Crippen molar-refractivity contribution >= 4 is 0 Å². The van der Waals surface area contributed by atoms with Gasteiger partial charge in [0.2, 0.25) is 0 Å². The summed E-state index contributed by atoms with van der Waals surface area (Å²) < 4.78 is 19.9. The number of ether oxygens (including phenoxy) is 1. The van der Waals surface area contributed by atoms with Crippen molar-refractivity contribution in [3.8, 4) is 0 Å². The molecule has 0 fully saturated rings. The molecular formula is C15H21FN4O. The van der Waals surface area contributed by atoms with Gasteiger partial charge in [-0.1, -0.05) is 12.1 Å². The number of nitrogens with zero attached hydrogens (tertiary/aromatic N) is 3. The van der Waals surface area contributed by atoms with Gasteiger partial charge in [-0.3, -0.25) is 4.68 Å². The molecule has 0 aliphatic carbocycles. The van der Waals surface area contributed by atoms with Gasteiger partial charge in [0.25, 0.3) is 0 Å². The number of aryl methyl sites for hydroxylation is 1. The number of nitrogens with one attached hydrogen (secondary N) is 1. The van der Waals surface area contributed by atoms with Crippen LogP contribution in [0.5, 0.6) is 0 Å². The molecule has 1 N–H and O–H groups in total. The maximum atomic E-state index is 13.1. The summed E-state index contributed by atoms with van der Waals surface area (Å²) >= 11 is 0. The van der Waals surface area contributed by atoms with Gasteiger partial charge in [0.1, 0.15) is 18.0 Å². The Balaban J connectivity index is 2.06. The zero-order valence-electron chi connectivity index (χ0n) is 12.4. The average Bonchev–Trinajstić information content (AvgIpc) is 2.88. The molecule has 1 heterocycles. The van der Waals surface area contributed by atoms with Crippen molar-refractivity contribution in [3.63, 3.8) is 0 Å². The lowest BCUT2D eigenvalue weighted by Crippen LogP contribution is -2.26. The van der Waals surface area contributed by atoms with Crippen molar-refractivity contribution in [3.05, 3.63) is 47.8 Å². The molecular weight excluding hydrogens is 271 g/mol. The highest BCUT2D eigenvalue weighted by atomic mass is 19.1. The molecule has 1 atom stereocenters. The van der Waals surface area contributed by atoms with E-state index in [1.165, 1.54) is 12.1 Å². The smallest absolute Gasteiger partial charge is 0.138 e. The van der Waals surface area contributed by atoms with Crippen LogP contribution in [-0.2, 0) is 18.2 Å². The lowest BCUT2D eigenvalue weighted by Gasteiger charge is -2.18. The Kier molecular flexibility index (Phi) is 5.83. The molecule has 2 aromatic rings. The summed E-state index contributed by atoms with van der Waals surface area (Å²) in [6.45, 7) is 2.23. The molecule has 0 bridgehead atoms. The van der Waals surface area contributed by atoms with Crippen LogP contribution in [0, 0.1) is 5.82 Å². The zero-order chi connectivity index (χ0) is 15.1. The quantitative estimate of drug-likeness (QED) is 0.750. The lowest BCUT2D eigenvalue weighted by atomic mass is 9.95. The van der Waals surface area contributed by atoms with Crippen LogP contribution < -0.4 is 5.32 Å². The van der Waals surface area contributed by atoms with E-state index in [9.17, 15) is 4.39 Å². The summed E-state index contributed by atoms with van der Waals surface area (Å²) in [7, 11) is 3.56. The third-order valence-corrected chi connectivity index (χ3v) is 3.45. The molecule has 0 aliphatic heterocycles. The molecule has 1 unspecified atom stereocenters. The van der Waals surface area contributed by atoms with Crippen LogP contribution in [0.15, 0.2) is 30.6 Å². The zero-order valence-corrected chi connectivity index (χ0v) is 12.4. The summed E-state index contributed by atoms with van der Waals surface area (Å²) in [5.41, 5.74) is 1.09. The lowest BCUT2D eigenvalue weighted by molar-refractivity contribution is 0.199. The first kappa shape index (κ1) is 15.6. The fraction of sp³-hybridized carbons (Fsp3) is 0.467. The third-order valence-electron chi connectivity index (χ3n) is 3.45. The summed E-state index contributed by atoms with van der Waals surface area (Å²) in [5.74, 6) is 0.909. The second-order valence-electron chi connectivity index (χ2n) is 4.95. The van der Waals surface area contributed by atoms with Crippen LogP contribution in [0.1, 0.15) is 17.3 Å². The molecule has 0 aliphatic rings. The van der Waals surface area contributed by atoms with Crippen molar-refractivity contribution in [1.29, 1.82) is 0 Å². The van der Waals surface area contributed by atoms with Gasteiger partial charge < -0.3 is 10.1 Å². The van der Waals surface area contributed by atoms with Gasteiger partial charge in [0.05, 0.1) is 6.61 Å². The first-order chi connectivity index (χ1) is 10.2. The molecule has 5 nitrogen and oxygen atoms in total. The van der Waals surface area contributed by atoms with Gasteiger partial charge in [-0.2, -0.15) is 5.10 Å². The van der Waals surface area contributed by atoms with E-state index >= 15 is 0 Å².